The summed E-state index contributed by atoms with van der Waals surface area (Å²) in [5, 5.41) is 9.22. The fourth-order valence-electron chi connectivity index (χ4n) is 1.67. The van der Waals surface area contributed by atoms with Gasteiger partial charge >= 0.3 is 0 Å². The number of nitrogen functional groups attached to an aromatic ring is 1. The molecule has 2 atom stereocenters. The van der Waals surface area contributed by atoms with Gasteiger partial charge in [0.25, 0.3) is 0 Å². The highest BCUT2D eigenvalue weighted by Gasteiger charge is 2.28. The van der Waals surface area contributed by atoms with E-state index in [1.807, 2.05) is 0 Å². The molecular formula is C11H17NO3S. The number of benzene rings is 1. The Kier molecular flexibility index (Phi) is 3.93. The zero-order valence-electron chi connectivity index (χ0n) is 9.42. The molecule has 0 saturated heterocycles. The molecule has 0 heterocycles. The van der Waals surface area contributed by atoms with E-state index in [2.05, 4.69) is 0 Å². The van der Waals surface area contributed by atoms with Crippen LogP contribution >= 0.6 is 0 Å². The van der Waals surface area contributed by atoms with Crippen LogP contribution in [0.4, 0.5) is 5.69 Å². The highest BCUT2D eigenvalue weighted by atomic mass is 32.2. The van der Waals surface area contributed by atoms with Crippen LogP contribution < -0.4 is 5.73 Å². The molecule has 0 amide bonds. The Labute approximate surface area is 96.0 Å². The van der Waals surface area contributed by atoms with E-state index < -0.39 is 21.2 Å². The van der Waals surface area contributed by atoms with E-state index >= 15 is 0 Å². The second-order valence-corrected chi connectivity index (χ2v) is 6.15. The Hall–Kier alpha value is -1.07. The Bertz CT molecular complexity index is 439. The number of nitrogens with two attached hydrogens (primary N) is 1. The van der Waals surface area contributed by atoms with Gasteiger partial charge in [-0.2, -0.15) is 0 Å². The van der Waals surface area contributed by atoms with Gasteiger partial charge in [-0.3, -0.25) is 0 Å². The van der Waals surface area contributed by atoms with E-state index in [-0.39, 0.29) is 0 Å². The van der Waals surface area contributed by atoms with Gasteiger partial charge in [-0.15, -0.1) is 0 Å². The highest BCUT2D eigenvalue weighted by Crippen LogP contribution is 2.24. The lowest BCUT2D eigenvalue weighted by molar-refractivity contribution is 0.169. The first-order valence-corrected chi connectivity index (χ1v) is 7.04. The summed E-state index contributed by atoms with van der Waals surface area (Å²) >= 11 is 0. The third-order valence-electron chi connectivity index (χ3n) is 2.58. The smallest absolute Gasteiger partial charge is 0.153 e. The monoisotopic (exact) mass is 243 g/mol. The predicted molar refractivity (Wildman–Crippen MR) is 64.7 cm³/mol. The van der Waals surface area contributed by atoms with Crippen LogP contribution in [0.3, 0.4) is 0 Å². The standard InChI is InChI=1S/C11H17NO3S/c1-3-10(16(2,14)15)11(13)8-4-6-9(12)7-5-8/h4-7,10-11,13H,3,12H2,1-2H3/t10-,11+/m0/s1. The van der Waals surface area contributed by atoms with Crippen LogP contribution in [0.2, 0.25) is 0 Å². The molecule has 16 heavy (non-hydrogen) atoms. The van der Waals surface area contributed by atoms with Crippen LogP contribution in [0.15, 0.2) is 24.3 Å². The molecule has 0 aromatic heterocycles. The lowest BCUT2D eigenvalue weighted by Gasteiger charge is -2.20. The maximum Gasteiger partial charge on any atom is 0.153 e. The molecule has 4 nitrogen and oxygen atoms in total. The Morgan fingerprint density at radius 3 is 2.19 bits per heavy atom. The van der Waals surface area contributed by atoms with Gasteiger partial charge < -0.3 is 10.8 Å². The van der Waals surface area contributed by atoms with E-state index in [0.717, 1.165) is 6.26 Å². The van der Waals surface area contributed by atoms with Crippen molar-refractivity contribution in [1.29, 1.82) is 0 Å². The topological polar surface area (TPSA) is 80.4 Å². The Balaban J connectivity index is 3.00. The first kappa shape index (κ1) is 13.0. The van der Waals surface area contributed by atoms with E-state index in [4.69, 9.17) is 5.73 Å². The zero-order valence-corrected chi connectivity index (χ0v) is 10.2. The number of hydrogen-bond acceptors (Lipinski definition) is 4. The summed E-state index contributed by atoms with van der Waals surface area (Å²) in [7, 11) is -3.25. The molecule has 0 aliphatic rings. The molecule has 0 radical (unpaired) electrons. The lowest BCUT2D eigenvalue weighted by Crippen LogP contribution is -2.26. The number of aliphatic hydroxyl groups is 1. The van der Waals surface area contributed by atoms with Crippen LogP contribution in [0, 0.1) is 0 Å². The van der Waals surface area contributed by atoms with E-state index in [1.165, 1.54) is 0 Å². The quantitative estimate of drug-likeness (QED) is 0.777. The van der Waals surface area contributed by atoms with Crippen LogP contribution in [0.25, 0.3) is 0 Å². The first-order chi connectivity index (χ1) is 7.36. The summed E-state index contributed by atoms with van der Waals surface area (Å²) in [4.78, 5) is 0. The zero-order chi connectivity index (χ0) is 12.3. The molecule has 0 aliphatic heterocycles. The lowest BCUT2D eigenvalue weighted by atomic mass is 10.0. The fourth-order valence-corrected chi connectivity index (χ4v) is 2.90. The van der Waals surface area contributed by atoms with Gasteiger partial charge in [0, 0.05) is 11.9 Å². The average Bonchev–Trinajstić information content (AvgIpc) is 2.17. The number of anilines is 1. The van der Waals surface area contributed by atoms with Crippen molar-refractivity contribution >= 4 is 15.5 Å². The van der Waals surface area contributed by atoms with Crippen molar-refractivity contribution < 1.29 is 13.5 Å². The fraction of sp³-hybridized carbons (Fsp3) is 0.455. The van der Waals surface area contributed by atoms with E-state index in [0.29, 0.717) is 17.7 Å². The highest BCUT2D eigenvalue weighted by molar-refractivity contribution is 7.91. The van der Waals surface area contributed by atoms with Crippen LogP contribution in [-0.2, 0) is 9.84 Å². The molecule has 1 aromatic rings. The summed E-state index contributed by atoms with van der Waals surface area (Å²) in [5.41, 5.74) is 6.68. The van der Waals surface area contributed by atoms with Crippen molar-refractivity contribution in [3.05, 3.63) is 29.8 Å². The number of rotatable bonds is 4. The summed E-state index contributed by atoms with van der Waals surface area (Å²) in [6, 6.07) is 6.59. The third kappa shape index (κ3) is 2.96. The summed E-state index contributed by atoms with van der Waals surface area (Å²) in [5.74, 6) is 0. The van der Waals surface area contributed by atoms with Crippen LogP contribution in [-0.4, -0.2) is 25.0 Å². The van der Waals surface area contributed by atoms with Crippen molar-refractivity contribution in [2.24, 2.45) is 0 Å². The van der Waals surface area contributed by atoms with Gasteiger partial charge in [0.05, 0.1) is 11.4 Å². The molecule has 0 fully saturated rings. The van der Waals surface area contributed by atoms with Gasteiger partial charge in [0.15, 0.2) is 9.84 Å². The average molecular weight is 243 g/mol. The van der Waals surface area contributed by atoms with Gasteiger partial charge in [0.1, 0.15) is 0 Å². The minimum absolute atomic E-state index is 0.379. The maximum absolute atomic E-state index is 11.5. The van der Waals surface area contributed by atoms with Gasteiger partial charge in [-0.25, -0.2) is 8.42 Å². The normalized spacial score (nSPS) is 15.7. The predicted octanol–water partition coefficient (Wildman–Crippen LogP) is 1.13. The van der Waals surface area contributed by atoms with Gasteiger partial charge in [-0.1, -0.05) is 19.1 Å². The summed E-state index contributed by atoms with van der Waals surface area (Å²) in [6.07, 6.45) is 0.520. The molecular weight excluding hydrogens is 226 g/mol. The molecule has 0 bridgehead atoms. The van der Waals surface area contributed by atoms with Crippen molar-refractivity contribution in [2.75, 3.05) is 12.0 Å². The second kappa shape index (κ2) is 4.84. The molecule has 3 N–H and O–H groups in total. The van der Waals surface area contributed by atoms with E-state index in [1.54, 1.807) is 31.2 Å². The Morgan fingerprint density at radius 1 is 1.31 bits per heavy atom. The van der Waals surface area contributed by atoms with Crippen molar-refractivity contribution in [3.8, 4) is 0 Å². The SMILES string of the molecule is CC[C@@H]([C@H](O)c1ccc(N)cc1)S(C)(=O)=O. The van der Waals surface area contributed by atoms with Gasteiger partial charge in [0.2, 0.25) is 0 Å². The molecule has 1 aromatic carbocycles. The van der Waals surface area contributed by atoms with E-state index in [9.17, 15) is 13.5 Å². The maximum atomic E-state index is 11.5. The molecule has 0 aliphatic carbocycles. The molecule has 5 heteroatoms. The molecule has 1 rings (SSSR count). The van der Waals surface area contributed by atoms with Crippen molar-refractivity contribution in [2.45, 2.75) is 24.7 Å². The second-order valence-electron chi connectivity index (χ2n) is 3.89. The molecule has 90 valence electrons. The minimum Gasteiger partial charge on any atom is -0.399 e. The molecule has 0 unspecified atom stereocenters. The van der Waals surface area contributed by atoms with Crippen molar-refractivity contribution in [3.63, 3.8) is 0 Å². The molecule has 0 spiro atoms. The molecule has 0 saturated carbocycles. The third-order valence-corrected chi connectivity index (χ3v) is 4.27. The first-order valence-electron chi connectivity index (χ1n) is 5.08. The number of hydrogen-bond donors (Lipinski definition) is 2. The summed E-state index contributed by atoms with van der Waals surface area (Å²) < 4.78 is 22.9. The largest absolute Gasteiger partial charge is 0.399 e. The number of sulfone groups is 1. The van der Waals surface area contributed by atoms with Gasteiger partial charge in [-0.05, 0) is 24.1 Å². The Morgan fingerprint density at radius 2 is 1.81 bits per heavy atom. The van der Waals surface area contributed by atoms with Crippen LogP contribution in [0.5, 0.6) is 0 Å². The number of aliphatic hydroxyl groups excluding tert-OH is 1. The van der Waals surface area contributed by atoms with Crippen LogP contribution in [0.1, 0.15) is 25.0 Å². The van der Waals surface area contributed by atoms with Crippen molar-refractivity contribution in [1.82, 2.24) is 0 Å². The summed E-state index contributed by atoms with van der Waals surface area (Å²) in [6.45, 7) is 1.74. The minimum atomic E-state index is -3.25.